The fraction of sp³-hybridized carbons (Fsp3) is 0.600. The van der Waals surface area contributed by atoms with Crippen molar-refractivity contribution in [1.29, 1.82) is 0 Å². The molecular formula is C5H3F6. The van der Waals surface area contributed by atoms with E-state index in [0.29, 0.717) is 6.08 Å². The third-order valence-corrected chi connectivity index (χ3v) is 0.841. The van der Waals surface area contributed by atoms with Crippen LogP contribution in [-0.2, 0) is 0 Å². The number of hydrogen-bond acceptors (Lipinski definition) is 0. The van der Waals surface area contributed by atoms with Crippen LogP contribution in [0.5, 0.6) is 0 Å². The largest absolute Gasteiger partial charge is 0.426 e. The van der Waals surface area contributed by atoms with Crippen molar-refractivity contribution < 1.29 is 26.3 Å². The van der Waals surface area contributed by atoms with Crippen molar-refractivity contribution in [2.75, 3.05) is 0 Å². The van der Waals surface area contributed by atoms with Crippen LogP contribution in [0.15, 0.2) is 6.58 Å². The molecule has 0 nitrogen and oxygen atoms in total. The smallest absolute Gasteiger partial charge is 0.230 e. The highest BCUT2D eigenvalue weighted by Gasteiger charge is 2.55. The van der Waals surface area contributed by atoms with Crippen molar-refractivity contribution >= 4 is 0 Å². The van der Waals surface area contributed by atoms with Gasteiger partial charge in [-0.25, -0.2) is 4.39 Å². The second kappa shape index (κ2) is 2.75. The molecule has 0 saturated heterocycles. The first-order valence-electron chi connectivity index (χ1n) is 2.34. The predicted octanol–water partition coefficient (Wildman–Crippen LogP) is 2.51. The van der Waals surface area contributed by atoms with Gasteiger partial charge in [0.1, 0.15) is 0 Å². The van der Waals surface area contributed by atoms with E-state index in [4.69, 9.17) is 0 Å². The van der Waals surface area contributed by atoms with Crippen LogP contribution in [-0.4, -0.2) is 18.3 Å². The molecule has 0 aliphatic rings. The zero-order chi connectivity index (χ0) is 9.28. The minimum atomic E-state index is -5.58. The predicted molar refractivity (Wildman–Crippen MR) is 24.8 cm³/mol. The van der Waals surface area contributed by atoms with Crippen molar-refractivity contribution in [2.24, 2.45) is 0 Å². The Kier molecular flexibility index (Phi) is 2.58. The molecule has 1 radical (unpaired) electrons. The molecule has 0 spiro atoms. The Labute approximate surface area is 58.5 Å². The Morgan fingerprint density at radius 2 is 1.45 bits per heavy atom. The van der Waals surface area contributed by atoms with Gasteiger partial charge in [-0.1, -0.05) is 6.58 Å². The molecule has 0 saturated carbocycles. The summed E-state index contributed by atoms with van der Waals surface area (Å²) in [4.78, 5) is 0. The first kappa shape index (κ1) is 10.3. The minimum absolute atomic E-state index is 0.669. The van der Waals surface area contributed by atoms with Crippen LogP contribution in [0, 0.1) is 6.08 Å². The zero-order valence-electron chi connectivity index (χ0n) is 5.05. The summed E-state index contributed by atoms with van der Waals surface area (Å²) < 4.78 is 68.9. The molecule has 65 valence electrons. The highest BCUT2D eigenvalue weighted by atomic mass is 19.4. The van der Waals surface area contributed by atoms with Gasteiger partial charge < -0.3 is 0 Å². The van der Waals surface area contributed by atoms with Crippen molar-refractivity contribution in [3.63, 3.8) is 0 Å². The highest BCUT2D eigenvalue weighted by Crippen LogP contribution is 2.34. The number of alkyl halides is 6. The molecule has 0 amide bonds. The van der Waals surface area contributed by atoms with E-state index in [1.807, 2.05) is 0 Å². The van der Waals surface area contributed by atoms with Gasteiger partial charge in [0.2, 0.25) is 0 Å². The molecule has 0 heterocycles. The lowest BCUT2D eigenvalue weighted by atomic mass is 10.2. The van der Waals surface area contributed by atoms with E-state index in [1.165, 1.54) is 0 Å². The SMILES string of the molecule is C=[C]C(F)(F)C(F)C(F)(F)F. The van der Waals surface area contributed by atoms with Gasteiger partial charge >= 0.3 is 12.1 Å². The molecule has 0 fully saturated rings. The van der Waals surface area contributed by atoms with Crippen molar-refractivity contribution in [3.8, 4) is 0 Å². The molecule has 1 atom stereocenters. The lowest BCUT2D eigenvalue weighted by Gasteiger charge is -2.18. The van der Waals surface area contributed by atoms with Crippen molar-refractivity contribution in [3.05, 3.63) is 12.7 Å². The van der Waals surface area contributed by atoms with Gasteiger partial charge in [0.15, 0.2) is 0 Å². The summed E-state index contributed by atoms with van der Waals surface area (Å²) in [7, 11) is 0. The molecule has 1 unspecified atom stereocenters. The summed E-state index contributed by atoms with van der Waals surface area (Å²) in [6.07, 6.45) is -9.14. The third-order valence-electron chi connectivity index (χ3n) is 0.841. The van der Waals surface area contributed by atoms with Crippen LogP contribution in [0.1, 0.15) is 0 Å². The third kappa shape index (κ3) is 2.44. The van der Waals surface area contributed by atoms with Gasteiger partial charge in [0.05, 0.1) is 0 Å². The van der Waals surface area contributed by atoms with Gasteiger partial charge in [-0.15, -0.1) is 0 Å². The molecule has 11 heavy (non-hydrogen) atoms. The summed E-state index contributed by atoms with van der Waals surface area (Å²) in [5.74, 6) is -4.67. The maximum atomic E-state index is 11.8. The molecule has 0 N–H and O–H groups in total. The maximum Gasteiger partial charge on any atom is 0.426 e. The number of halogens is 6. The Morgan fingerprint density at radius 3 is 1.55 bits per heavy atom. The average molecular weight is 177 g/mol. The molecule has 0 aliphatic carbocycles. The van der Waals surface area contributed by atoms with Crippen LogP contribution < -0.4 is 0 Å². The molecular weight excluding hydrogens is 174 g/mol. The summed E-state index contributed by atoms with van der Waals surface area (Å²) >= 11 is 0. The Hall–Kier alpha value is -0.680. The quantitative estimate of drug-likeness (QED) is 0.568. The lowest BCUT2D eigenvalue weighted by molar-refractivity contribution is -0.232. The number of hydrogen-bond donors (Lipinski definition) is 0. The average Bonchev–Trinajstić information content (AvgIpc) is 1.84. The second-order valence-electron chi connectivity index (χ2n) is 1.70. The standard InChI is InChI=1S/C5H3F6/c1-2-4(7,8)3(6)5(9,10)11/h3H,1H2. The van der Waals surface area contributed by atoms with Crippen LogP contribution in [0.2, 0.25) is 0 Å². The van der Waals surface area contributed by atoms with Crippen molar-refractivity contribution in [2.45, 2.75) is 18.3 Å². The fourth-order valence-electron chi connectivity index (χ4n) is 0.295. The second-order valence-corrected chi connectivity index (χ2v) is 1.70. The first-order chi connectivity index (χ1) is 4.72. The van der Waals surface area contributed by atoms with Crippen LogP contribution in [0.25, 0.3) is 0 Å². The van der Waals surface area contributed by atoms with Crippen LogP contribution in [0.4, 0.5) is 26.3 Å². The monoisotopic (exact) mass is 177 g/mol. The molecule has 6 heteroatoms. The maximum absolute atomic E-state index is 11.8. The first-order valence-corrected chi connectivity index (χ1v) is 2.34. The van der Waals surface area contributed by atoms with E-state index in [1.54, 1.807) is 0 Å². The fourth-order valence-corrected chi connectivity index (χ4v) is 0.295. The summed E-state index contributed by atoms with van der Waals surface area (Å²) in [6.45, 7) is 2.25. The number of allylic oxidation sites excluding steroid dienone is 1. The van der Waals surface area contributed by atoms with E-state index in [0.717, 1.165) is 0 Å². The minimum Gasteiger partial charge on any atom is -0.230 e. The molecule has 0 aromatic heterocycles. The highest BCUT2D eigenvalue weighted by molar-refractivity contribution is 4.90. The molecule has 0 rings (SSSR count). The van der Waals surface area contributed by atoms with Crippen molar-refractivity contribution in [1.82, 2.24) is 0 Å². The van der Waals surface area contributed by atoms with E-state index in [9.17, 15) is 26.3 Å². The lowest BCUT2D eigenvalue weighted by Crippen LogP contribution is -2.40. The molecule has 0 aliphatic heterocycles. The normalized spacial score (nSPS) is 16.2. The van der Waals surface area contributed by atoms with Crippen LogP contribution >= 0.6 is 0 Å². The summed E-state index contributed by atoms with van der Waals surface area (Å²) in [6, 6.07) is 0. The van der Waals surface area contributed by atoms with Crippen LogP contribution in [0.3, 0.4) is 0 Å². The number of rotatable bonds is 2. The Morgan fingerprint density at radius 1 is 1.09 bits per heavy atom. The molecule has 0 bridgehead atoms. The van der Waals surface area contributed by atoms with E-state index >= 15 is 0 Å². The van der Waals surface area contributed by atoms with Gasteiger partial charge in [-0.3, -0.25) is 0 Å². The Balaban J connectivity index is 4.48. The zero-order valence-corrected chi connectivity index (χ0v) is 5.05. The summed E-state index contributed by atoms with van der Waals surface area (Å²) in [5, 5.41) is 0. The van der Waals surface area contributed by atoms with E-state index in [-0.39, 0.29) is 0 Å². The Bertz CT molecular complexity index is 146. The van der Waals surface area contributed by atoms with E-state index < -0.39 is 18.3 Å². The van der Waals surface area contributed by atoms with Gasteiger partial charge in [-0.2, -0.15) is 22.0 Å². The van der Waals surface area contributed by atoms with Gasteiger partial charge in [0, 0.05) is 6.08 Å². The topological polar surface area (TPSA) is 0 Å². The van der Waals surface area contributed by atoms with Gasteiger partial charge in [-0.05, 0) is 0 Å². The summed E-state index contributed by atoms with van der Waals surface area (Å²) in [5.41, 5.74) is 0. The molecule has 0 aromatic carbocycles. The van der Waals surface area contributed by atoms with Gasteiger partial charge in [0.25, 0.3) is 6.17 Å². The molecule has 0 aromatic rings. The van der Waals surface area contributed by atoms with E-state index in [2.05, 4.69) is 6.58 Å².